The SMILES string of the molecule is CC(O)(CO)CNC1CCCc2[nH]c(=O)ccc21. The number of rotatable bonds is 4. The Balaban J connectivity index is 2.11. The van der Waals surface area contributed by atoms with Crippen molar-refractivity contribution in [1.82, 2.24) is 10.3 Å². The molecule has 0 amide bonds. The molecule has 0 aromatic carbocycles. The maximum absolute atomic E-state index is 11.3. The molecule has 0 saturated heterocycles. The molecule has 0 bridgehead atoms. The van der Waals surface area contributed by atoms with Crippen molar-refractivity contribution in [3.05, 3.63) is 33.7 Å². The van der Waals surface area contributed by atoms with Gasteiger partial charge in [-0.05, 0) is 31.7 Å². The number of fused-ring (bicyclic) bond motifs is 1. The molecule has 0 fully saturated rings. The molecule has 1 aromatic heterocycles. The van der Waals surface area contributed by atoms with Crippen molar-refractivity contribution in [2.75, 3.05) is 13.2 Å². The molecule has 1 aliphatic carbocycles. The molecular weight excluding hydrogens is 232 g/mol. The Bertz CT molecular complexity index is 468. The fourth-order valence-electron chi connectivity index (χ4n) is 2.31. The van der Waals surface area contributed by atoms with Gasteiger partial charge in [0.15, 0.2) is 0 Å². The molecule has 18 heavy (non-hydrogen) atoms. The number of hydrogen-bond donors (Lipinski definition) is 4. The molecule has 0 saturated carbocycles. The zero-order valence-electron chi connectivity index (χ0n) is 10.6. The van der Waals surface area contributed by atoms with Crippen LogP contribution in [0.5, 0.6) is 0 Å². The number of aliphatic hydroxyl groups excluding tert-OH is 1. The van der Waals surface area contributed by atoms with Gasteiger partial charge in [0.05, 0.1) is 12.2 Å². The zero-order chi connectivity index (χ0) is 13.2. The van der Waals surface area contributed by atoms with Gasteiger partial charge in [-0.3, -0.25) is 4.79 Å². The number of aliphatic hydroxyl groups is 2. The van der Waals surface area contributed by atoms with Crippen molar-refractivity contribution < 1.29 is 10.2 Å². The predicted molar refractivity (Wildman–Crippen MR) is 68.5 cm³/mol. The highest BCUT2D eigenvalue weighted by atomic mass is 16.3. The number of aromatic nitrogens is 1. The van der Waals surface area contributed by atoms with Crippen LogP contribution in [0.3, 0.4) is 0 Å². The van der Waals surface area contributed by atoms with Crippen molar-refractivity contribution in [2.24, 2.45) is 0 Å². The van der Waals surface area contributed by atoms with E-state index in [0.29, 0.717) is 6.54 Å². The molecule has 0 spiro atoms. The minimum Gasteiger partial charge on any atom is -0.393 e. The monoisotopic (exact) mass is 252 g/mol. The molecular formula is C13H20N2O3. The second-order valence-electron chi connectivity index (χ2n) is 5.24. The summed E-state index contributed by atoms with van der Waals surface area (Å²) >= 11 is 0. The zero-order valence-corrected chi connectivity index (χ0v) is 10.6. The summed E-state index contributed by atoms with van der Waals surface area (Å²) in [7, 11) is 0. The van der Waals surface area contributed by atoms with E-state index < -0.39 is 5.60 Å². The van der Waals surface area contributed by atoms with Crippen molar-refractivity contribution in [1.29, 1.82) is 0 Å². The topological polar surface area (TPSA) is 85.3 Å². The fraction of sp³-hybridized carbons (Fsp3) is 0.615. The summed E-state index contributed by atoms with van der Waals surface area (Å²) in [6, 6.07) is 3.51. The smallest absolute Gasteiger partial charge is 0.248 e. The van der Waals surface area contributed by atoms with Gasteiger partial charge < -0.3 is 20.5 Å². The Kier molecular flexibility index (Phi) is 3.85. The first-order chi connectivity index (χ1) is 8.52. The van der Waals surface area contributed by atoms with Crippen molar-refractivity contribution >= 4 is 0 Å². The Morgan fingerprint density at radius 2 is 2.33 bits per heavy atom. The highest BCUT2D eigenvalue weighted by Gasteiger charge is 2.24. The number of H-pyrrole nitrogens is 1. The molecule has 1 aliphatic rings. The van der Waals surface area contributed by atoms with Crippen LogP contribution in [-0.4, -0.2) is 33.9 Å². The number of pyridine rings is 1. The quantitative estimate of drug-likeness (QED) is 0.611. The Hall–Kier alpha value is -1.17. The van der Waals surface area contributed by atoms with E-state index in [0.717, 1.165) is 30.5 Å². The van der Waals surface area contributed by atoms with E-state index in [4.69, 9.17) is 5.11 Å². The maximum atomic E-state index is 11.3. The summed E-state index contributed by atoms with van der Waals surface area (Å²) in [5, 5.41) is 22.0. The van der Waals surface area contributed by atoms with Gasteiger partial charge in [0.25, 0.3) is 0 Å². The Morgan fingerprint density at radius 3 is 3.06 bits per heavy atom. The number of aromatic amines is 1. The summed E-state index contributed by atoms with van der Waals surface area (Å²) < 4.78 is 0. The summed E-state index contributed by atoms with van der Waals surface area (Å²) in [6.07, 6.45) is 2.87. The minimum atomic E-state index is -1.11. The molecule has 5 nitrogen and oxygen atoms in total. The summed E-state index contributed by atoms with van der Waals surface area (Å²) in [5.74, 6) is 0. The average molecular weight is 252 g/mol. The molecule has 0 aliphatic heterocycles. The third-order valence-corrected chi connectivity index (χ3v) is 3.40. The molecule has 0 radical (unpaired) electrons. The third-order valence-electron chi connectivity index (χ3n) is 3.40. The van der Waals surface area contributed by atoms with Gasteiger partial charge in [0, 0.05) is 24.3 Å². The number of hydrogen-bond acceptors (Lipinski definition) is 4. The van der Waals surface area contributed by atoms with Crippen molar-refractivity contribution in [2.45, 2.75) is 37.8 Å². The van der Waals surface area contributed by atoms with E-state index >= 15 is 0 Å². The molecule has 2 atom stereocenters. The van der Waals surface area contributed by atoms with Gasteiger partial charge in [-0.1, -0.05) is 6.07 Å². The van der Waals surface area contributed by atoms with Crippen LogP contribution in [0.4, 0.5) is 0 Å². The van der Waals surface area contributed by atoms with E-state index in [1.54, 1.807) is 6.92 Å². The first-order valence-electron chi connectivity index (χ1n) is 6.30. The van der Waals surface area contributed by atoms with Gasteiger partial charge in [-0.2, -0.15) is 0 Å². The lowest BCUT2D eigenvalue weighted by molar-refractivity contribution is 0.000283. The van der Waals surface area contributed by atoms with Crippen molar-refractivity contribution in [3.8, 4) is 0 Å². The van der Waals surface area contributed by atoms with E-state index in [1.165, 1.54) is 6.07 Å². The lowest BCUT2D eigenvalue weighted by Crippen LogP contribution is -2.43. The molecule has 2 rings (SSSR count). The predicted octanol–water partition coefficient (Wildman–Crippen LogP) is 0.0852. The van der Waals surface area contributed by atoms with Gasteiger partial charge >= 0.3 is 0 Å². The Labute approximate surface area is 106 Å². The van der Waals surface area contributed by atoms with E-state index in [9.17, 15) is 9.90 Å². The summed E-state index contributed by atoms with van der Waals surface area (Å²) in [6.45, 7) is 1.65. The van der Waals surface area contributed by atoms with Gasteiger partial charge in [0.1, 0.15) is 0 Å². The first-order valence-corrected chi connectivity index (χ1v) is 6.30. The van der Waals surface area contributed by atoms with Crippen LogP contribution in [0.15, 0.2) is 16.9 Å². The molecule has 5 heteroatoms. The highest BCUT2D eigenvalue weighted by Crippen LogP contribution is 2.27. The summed E-state index contributed by atoms with van der Waals surface area (Å²) in [4.78, 5) is 14.1. The van der Waals surface area contributed by atoms with E-state index in [1.807, 2.05) is 6.07 Å². The Morgan fingerprint density at radius 1 is 1.56 bits per heavy atom. The minimum absolute atomic E-state index is 0.0724. The van der Waals surface area contributed by atoms with Gasteiger partial charge in [-0.15, -0.1) is 0 Å². The van der Waals surface area contributed by atoms with Crippen LogP contribution in [0.25, 0.3) is 0 Å². The van der Waals surface area contributed by atoms with E-state index in [-0.39, 0.29) is 18.2 Å². The lowest BCUT2D eigenvalue weighted by atomic mass is 9.91. The van der Waals surface area contributed by atoms with Crippen LogP contribution < -0.4 is 10.9 Å². The summed E-state index contributed by atoms with van der Waals surface area (Å²) in [5.41, 5.74) is 0.890. The van der Waals surface area contributed by atoms with Crippen LogP contribution in [0.2, 0.25) is 0 Å². The molecule has 1 heterocycles. The van der Waals surface area contributed by atoms with Crippen LogP contribution in [-0.2, 0) is 6.42 Å². The fourth-order valence-corrected chi connectivity index (χ4v) is 2.31. The molecule has 4 N–H and O–H groups in total. The third kappa shape index (κ3) is 2.98. The largest absolute Gasteiger partial charge is 0.393 e. The van der Waals surface area contributed by atoms with E-state index in [2.05, 4.69) is 10.3 Å². The lowest BCUT2D eigenvalue weighted by Gasteiger charge is -2.29. The maximum Gasteiger partial charge on any atom is 0.248 e. The van der Waals surface area contributed by atoms with Crippen molar-refractivity contribution in [3.63, 3.8) is 0 Å². The standard InChI is InChI=1S/C13H20N2O3/c1-13(18,8-16)7-14-10-3-2-4-11-9(10)5-6-12(17)15-11/h5-6,10,14,16,18H,2-4,7-8H2,1H3,(H,15,17). The molecule has 1 aromatic rings. The number of nitrogens with one attached hydrogen (secondary N) is 2. The second-order valence-corrected chi connectivity index (χ2v) is 5.24. The molecule has 2 unspecified atom stereocenters. The normalized spacial score (nSPS) is 22.3. The average Bonchev–Trinajstić information content (AvgIpc) is 2.36. The van der Waals surface area contributed by atoms with Crippen LogP contribution >= 0.6 is 0 Å². The van der Waals surface area contributed by atoms with Gasteiger partial charge in [-0.25, -0.2) is 0 Å². The number of aryl methyl sites for hydroxylation is 1. The van der Waals surface area contributed by atoms with Crippen LogP contribution in [0.1, 0.15) is 37.1 Å². The highest BCUT2D eigenvalue weighted by molar-refractivity contribution is 5.26. The molecule has 100 valence electrons. The van der Waals surface area contributed by atoms with Gasteiger partial charge in [0.2, 0.25) is 5.56 Å². The van der Waals surface area contributed by atoms with Crippen LogP contribution in [0, 0.1) is 0 Å². The first kappa shape index (κ1) is 13.3. The second kappa shape index (κ2) is 5.22.